The molecule has 0 aliphatic rings. The summed E-state index contributed by atoms with van der Waals surface area (Å²) in [6.07, 6.45) is 0. The zero-order chi connectivity index (χ0) is 19.6. The minimum absolute atomic E-state index is 0.0743. The Bertz CT molecular complexity index is 989. The maximum atomic E-state index is 13.3. The van der Waals surface area contributed by atoms with Gasteiger partial charge in [-0.1, -0.05) is 16.8 Å². The third-order valence-corrected chi connectivity index (χ3v) is 4.03. The fourth-order valence-electron chi connectivity index (χ4n) is 2.51. The second-order valence-corrected chi connectivity index (χ2v) is 5.81. The van der Waals surface area contributed by atoms with Gasteiger partial charge in [0.15, 0.2) is 5.69 Å². The molecule has 0 radical (unpaired) electrons. The van der Waals surface area contributed by atoms with Gasteiger partial charge in [0.25, 0.3) is 0 Å². The highest BCUT2D eigenvalue weighted by molar-refractivity contribution is 6.32. The van der Waals surface area contributed by atoms with Crippen LogP contribution in [-0.4, -0.2) is 39.8 Å². The van der Waals surface area contributed by atoms with Gasteiger partial charge < -0.3 is 14.6 Å². The largest absolute Gasteiger partial charge is 0.506 e. The standard InChI is InChI=1S/C18H15ClFN3O4/c1-3-27-18(25)16-17(10-4-6-11(20)7-5-10)23(22-21-16)13-8-12(19)15(26-2)9-14(13)24/h4-9,24H,3H2,1-2H3. The van der Waals surface area contributed by atoms with Crippen molar-refractivity contribution >= 4 is 17.6 Å². The summed E-state index contributed by atoms with van der Waals surface area (Å²) in [5.41, 5.74) is 0.777. The number of esters is 1. The molecular formula is C18H15ClFN3O4. The van der Waals surface area contributed by atoms with Crippen LogP contribution in [0.3, 0.4) is 0 Å². The molecule has 0 fully saturated rings. The molecule has 7 nitrogen and oxygen atoms in total. The van der Waals surface area contributed by atoms with Gasteiger partial charge in [0.05, 0.1) is 18.7 Å². The molecule has 0 aliphatic carbocycles. The predicted molar refractivity (Wildman–Crippen MR) is 95.9 cm³/mol. The molecule has 0 saturated carbocycles. The van der Waals surface area contributed by atoms with Gasteiger partial charge in [-0.3, -0.25) is 0 Å². The summed E-state index contributed by atoms with van der Waals surface area (Å²) in [4.78, 5) is 12.3. The Balaban J connectivity index is 2.23. The quantitative estimate of drug-likeness (QED) is 0.668. The van der Waals surface area contributed by atoms with Crippen molar-refractivity contribution in [3.05, 3.63) is 52.9 Å². The van der Waals surface area contributed by atoms with Crippen LogP contribution in [0.1, 0.15) is 17.4 Å². The number of hydrogen-bond acceptors (Lipinski definition) is 6. The van der Waals surface area contributed by atoms with E-state index >= 15 is 0 Å². The minimum atomic E-state index is -0.692. The van der Waals surface area contributed by atoms with E-state index in [4.69, 9.17) is 21.1 Å². The topological polar surface area (TPSA) is 86.5 Å². The van der Waals surface area contributed by atoms with Crippen LogP contribution in [0.5, 0.6) is 11.5 Å². The molecule has 0 unspecified atom stereocenters. The zero-order valence-corrected chi connectivity index (χ0v) is 15.2. The van der Waals surface area contributed by atoms with E-state index in [0.29, 0.717) is 5.56 Å². The second kappa shape index (κ2) is 7.63. The summed E-state index contributed by atoms with van der Waals surface area (Å²) < 4.78 is 24.7. The van der Waals surface area contributed by atoms with E-state index < -0.39 is 11.8 Å². The van der Waals surface area contributed by atoms with E-state index in [2.05, 4.69) is 10.3 Å². The van der Waals surface area contributed by atoms with Gasteiger partial charge >= 0.3 is 5.97 Å². The lowest BCUT2D eigenvalue weighted by Gasteiger charge is -2.12. The number of phenols is 1. The van der Waals surface area contributed by atoms with E-state index in [-0.39, 0.29) is 40.2 Å². The number of carbonyl (C=O) groups excluding carboxylic acids is 1. The highest BCUT2D eigenvalue weighted by Crippen LogP contribution is 2.36. The van der Waals surface area contributed by atoms with E-state index in [1.165, 1.54) is 48.2 Å². The van der Waals surface area contributed by atoms with Crippen molar-refractivity contribution in [2.24, 2.45) is 0 Å². The van der Waals surface area contributed by atoms with Gasteiger partial charge in [-0.2, -0.15) is 0 Å². The van der Waals surface area contributed by atoms with Gasteiger partial charge in [-0.25, -0.2) is 13.9 Å². The van der Waals surface area contributed by atoms with E-state index in [1.807, 2.05) is 0 Å². The van der Waals surface area contributed by atoms with Gasteiger partial charge in [-0.15, -0.1) is 5.10 Å². The molecule has 0 aliphatic heterocycles. The third-order valence-electron chi connectivity index (χ3n) is 3.73. The van der Waals surface area contributed by atoms with Gasteiger partial charge in [0.2, 0.25) is 0 Å². The molecule has 2 aromatic carbocycles. The molecule has 0 bridgehead atoms. The molecule has 1 aromatic heterocycles. The minimum Gasteiger partial charge on any atom is -0.506 e. The number of phenolic OH excluding ortho intramolecular Hbond substituents is 1. The maximum Gasteiger partial charge on any atom is 0.361 e. The zero-order valence-electron chi connectivity index (χ0n) is 14.4. The lowest BCUT2D eigenvalue weighted by Crippen LogP contribution is -2.08. The van der Waals surface area contributed by atoms with Crippen LogP contribution in [0.25, 0.3) is 16.9 Å². The average Bonchev–Trinajstić information content (AvgIpc) is 3.09. The van der Waals surface area contributed by atoms with Crippen molar-refractivity contribution in [2.45, 2.75) is 6.92 Å². The average molecular weight is 392 g/mol. The fourth-order valence-corrected chi connectivity index (χ4v) is 2.75. The monoisotopic (exact) mass is 391 g/mol. The van der Waals surface area contributed by atoms with Crippen LogP contribution >= 0.6 is 11.6 Å². The Morgan fingerprint density at radius 1 is 1.30 bits per heavy atom. The summed E-state index contributed by atoms with van der Waals surface area (Å²) in [7, 11) is 1.42. The first-order valence-corrected chi connectivity index (χ1v) is 8.29. The first-order chi connectivity index (χ1) is 13.0. The highest BCUT2D eigenvalue weighted by Gasteiger charge is 2.25. The molecule has 27 heavy (non-hydrogen) atoms. The molecule has 0 saturated heterocycles. The number of aromatic nitrogens is 3. The Labute approximate surface area is 158 Å². The number of rotatable bonds is 5. The van der Waals surface area contributed by atoms with Crippen molar-refractivity contribution in [1.29, 1.82) is 0 Å². The molecule has 1 N–H and O–H groups in total. The Morgan fingerprint density at radius 3 is 2.63 bits per heavy atom. The Kier molecular flexibility index (Phi) is 5.27. The molecular weight excluding hydrogens is 377 g/mol. The number of nitrogens with zero attached hydrogens (tertiary/aromatic N) is 3. The fraction of sp³-hybridized carbons (Fsp3) is 0.167. The van der Waals surface area contributed by atoms with Gasteiger partial charge in [-0.05, 0) is 37.3 Å². The molecule has 140 valence electrons. The number of benzene rings is 2. The van der Waals surface area contributed by atoms with E-state index in [0.717, 1.165) is 0 Å². The molecule has 0 spiro atoms. The molecule has 9 heteroatoms. The number of aromatic hydroxyl groups is 1. The second-order valence-electron chi connectivity index (χ2n) is 5.40. The predicted octanol–water partition coefficient (Wildman–Crippen LogP) is 3.62. The van der Waals surface area contributed by atoms with E-state index in [1.54, 1.807) is 6.92 Å². The van der Waals surface area contributed by atoms with Crippen molar-refractivity contribution in [3.8, 4) is 28.4 Å². The van der Waals surface area contributed by atoms with Gasteiger partial charge in [0, 0.05) is 11.6 Å². The molecule has 0 amide bonds. The first-order valence-electron chi connectivity index (χ1n) is 7.91. The van der Waals surface area contributed by atoms with Gasteiger partial charge in [0.1, 0.15) is 28.7 Å². The van der Waals surface area contributed by atoms with Crippen molar-refractivity contribution < 1.29 is 23.8 Å². The maximum absolute atomic E-state index is 13.3. The van der Waals surface area contributed by atoms with Crippen LogP contribution in [-0.2, 0) is 4.74 Å². The summed E-state index contributed by atoms with van der Waals surface area (Å²) in [6.45, 7) is 1.81. The normalized spacial score (nSPS) is 10.7. The Morgan fingerprint density at radius 2 is 2.00 bits per heavy atom. The van der Waals surface area contributed by atoms with Crippen LogP contribution in [0.15, 0.2) is 36.4 Å². The van der Waals surface area contributed by atoms with Crippen molar-refractivity contribution in [2.75, 3.05) is 13.7 Å². The summed E-state index contributed by atoms with van der Waals surface area (Å²) >= 11 is 6.15. The van der Waals surface area contributed by atoms with Crippen molar-refractivity contribution in [3.63, 3.8) is 0 Å². The third kappa shape index (κ3) is 3.56. The summed E-state index contributed by atoms with van der Waals surface area (Å²) in [5.74, 6) is -1.06. The number of hydrogen-bond donors (Lipinski definition) is 1. The molecule has 3 rings (SSSR count). The number of carbonyl (C=O) groups is 1. The number of methoxy groups -OCH3 is 1. The molecule has 3 aromatic rings. The SMILES string of the molecule is CCOC(=O)c1nnn(-c2cc(Cl)c(OC)cc2O)c1-c1ccc(F)cc1. The highest BCUT2D eigenvalue weighted by atomic mass is 35.5. The molecule has 0 atom stereocenters. The van der Waals surface area contributed by atoms with Crippen molar-refractivity contribution in [1.82, 2.24) is 15.0 Å². The van der Waals surface area contributed by atoms with E-state index in [9.17, 15) is 14.3 Å². The first kappa shape index (κ1) is 18.7. The van der Waals surface area contributed by atoms with Crippen LogP contribution in [0, 0.1) is 5.82 Å². The number of ether oxygens (including phenoxy) is 2. The number of halogens is 2. The molecule has 1 heterocycles. The van der Waals surface area contributed by atoms with Crippen LogP contribution < -0.4 is 4.74 Å². The summed E-state index contributed by atoms with van der Waals surface area (Å²) in [5, 5.41) is 18.4. The smallest absolute Gasteiger partial charge is 0.361 e. The van der Waals surface area contributed by atoms with Crippen LogP contribution in [0.2, 0.25) is 5.02 Å². The Hall–Kier alpha value is -3.13. The lowest BCUT2D eigenvalue weighted by molar-refractivity contribution is 0.0520. The van der Waals surface area contributed by atoms with Crippen LogP contribution in [0.4, 0.5) is 4.39 Å². The summed E-state index contributed by atoms with van der Waals surface area (Å²) in [6, 6.07) is 8.15. The lowest BCUT2D eigenvalue weighted by atomic mass is 10.1.